The molecule has 88 valence electrons. The Kier molecular flexibility index (Phi) is 3.11. The molecule has 0 spiro atoms. The second-order valence-electron chi connectivity index (χ2n) is 3.76. The van der Waals surface area contributed by atoms with Gasteiger partial charge < -0.3 is 4.52 Å². The Balaban J connectivity index is 2.31. The van der Waals surface area contributed by atoms with Gasteiger partial charge in [-0.15, -0.1) is 0 Å². The molecule has 1 fully saturated rings. The maximum atomic E-state index is 11.8. The van der Waals surface area contributed by atoms with Gasteiger partial charge in [-0.1, -0.05) is 18.2 Å². The third-order valence-electron chi connectivity index (χ3n) is 2.79. The van der Waals surface area contributed by atoms with Crippen molar-refractivity contribution in [1.29, 1.82) is 0 Å². The number of hydrogen-bond donors (Lipinski definition) is 0. The van der Waals surface area contributed by atoms with Gasteiger partial charge in [-0.2, -0.15) is 4.31 Å². The van der Waals surface area contributed by atoms with E-state index in [0.717, 1.165) is 24.7 Å². The Morgan fingerprint density at radius 3 is 3.00 bits per heavy atom. The molecule has 0 aromatic carbocycles. The summed E-state index contributed by atoms with van der Waals surface area (Å²) in [5.41, 5.74) is 0.671. The van der Waals surface area contributed by atoms with Gasteiger partial charge in [0.1, 0.15) is 12.0 Å². The van der Waals surface area contributed by atoms with Crippen LogP contribution >= 0.6 is 0 Å². The second-order valence-corrected chi connectivity index (χ2v) is 5.59. The van der Waals surface area contributed by atoms with Crippen molar-refractivity contribution in [1.82, 2.24) is 9.46 Å². The van der Waals surface area contributed by atoms with Crippen LogP contribution in [0.4, 0.5) is 0 Å². The number of aromatic nitrogens is 1. The molecular weight excluding hydrogens is 228 g/mol. The van der Waals surface area contributed by atoms with Crippen molar-refractivity contribution in [2.45, 2.75) is 25.3 Å². The van der Waals surface area contributed by atoms with Gasteiger partial charge in [0.15, 0.2) is 0 Å². The lowest BCUT2D eigenvalue weighted by molar-refractivity contribution is 0.246. The quantitative estimate of drug-likeness (QED) is 0.809. The fraction of sp³-hybridized carbons (Fsp3) is 0.500. The first-order valence-corrected chi connectivity index (χ1v) is 6.70. The summed E-state index contributed by atoms with van der Waals surface area (Å²) in [7, 11) is -3.38. The number of piperidine rings is 1. The first kappa shape index (κ1) is 11.3. The molecule has 2 rings (SSSR count). The van der Waals surface area contributed by atoms with E-state index < -0.39 is 10.0 Å². The van der Waals surface area contributed by atoms with Crippen molar-refractivity contribution >= 4 is 10.0 Å². The van der Waals surface area contributed by atoms with E-state index in [1.165, 1.54) is 10.6 Å². The summed E-state index contributed by atoms with van der Waals surface area (Å²) in [5, 5.41) is 4.81. The smallest absolute Gasteiger partial charge is 0.236 e. The van der Waals surface area contributed by atoms with Crippen molar-refractivity contribution in [2.75, 3.05) is 6.54 Å². The highest BCUT2D eigenvalue weighted by molar-refractivity contribution is 7.92. The first-order valence-electron chi connectivity index (χ1n) is 5.20. The molecule has 0 aliphatic carbocycles. The van der Waals surface area contributed by atoms with Gasteiger partial charge in [0.25, 0.3) is 0 Å². The van der Waals surface area contributed by atoms with Crippen LogP contribution in [0.5, 0.6) is 0 Å². The Morgan fingerprint density at radius 1 is 1.56 bits per heavy atom. The zero-order chi connectivity index (χ0) is 11.6. The average molecular weight is 242 g/mol. The average Bonchev–Trinajstić information content (AvgIpc) is 2.82. The minimum atomic E-state index is -3.38. The maximum absolute atomic E-state index is 11.8. The zero-order valence-corrected chi connectivity index (χ0v) is 9.69. The highest BCUT2D eigenvalue weighted by atomic mass is 32.2. The molecule has 1 aromatic rings. The molecule has 0 saturated carbocycles. The molecule has 1 saturated heterocycles. The molecule has 1 aromatic heterocycles. The van der Waals surface area contributed by atoms with Crippen LogP contribution in [-0.4, -0.2) is 24.4 Å². The molecule has 1 atom stereocenters. The first-order chi connectivity index (χ1) is 7.65. The molecule has 2 heterocycles. The molecule has 0 amide bonds. The van der Waals surface area contributed by atoms with E-state index >= 15 is 0 Å². The minimum absolute atomic E-state index is 0.213. The van der Waals surface area contributed by atoms with Gasteiger partial charge >= 0.3 is 0 Å². The van der Waals surface area contributed by atoms with Gasteiger partial charge in [-0.3, -0.25) is 0 Å². The maximum Gasteiger partial charge on any atom is 0.236 e. The lowest BCUT2D eigenvalue weighted by Crippen LogP contribution is -2.37. The molecule has 0 unspecified atom stereocenters. The Morgan fingerprint density at radius 2 is 2.38 bits per heavy atom. The van der Waals surface area contributed by atoms with Gasteiger partial charge in [0, 0.05) is 18.0 Å². The number of nitrogens with zero attached hydrogens (tertiary/aromatic N) is 2. The van der Waals surface area contributed by atoms with Gasteiger partial charge in [-0.05, 0) is 12.8 Å². The summed E-state index contributed by atoms with van der Waals surface area (Å²) < 4.78 is 29.8. The van der Waals surface area contributed by atoms with Crippen LogP contribution in [0.1, 0.15) is 31.0 Å². The number of rotatable bonds is 3. The Hall–Kier alpha value is -1.14. The fourth-order valence-electron chi connectivity index (χ4n) is 1.99. The monoisotopic (exact) mass is 242 g/mol. The van der Waals surface area contributed by atoms with E-state index in [9.17, 15) is 8.42 Å². The predicted molar refractivity (Wildman–Crippen MR) is 58.9 cm³/mol. The summed E-state index contributed by atoms with van der Waals surface area (Å²) in [5.74, 6) is 0. The largest absolute Gasteiger partial charge is 0.364 e. The third-order valence-corrected chi connectivity index (χ3v) is 4.30. The van der Waals surface area contributed by atoms with Crippen molar-refractivity contribution in [2.24, 2.45) is 0 Å². The van der Waals surface area contributed by atoms with Crippen molar-refractivity contribution < 1.29 is 12.9 Å². The summed E-state index contributed by atoms with van der Waals surface area (Å²) in [4.78, 5) is 0. The lowest BCUT2D eigenvalue weighted by Gasteiger charge is -2.32. The van der Waals surface area contributed by atoms with Crippen LogP contribution < -0.4 is 0 Å². The molecule has 1 aliphatic heterocycles. The molecule has 1 aliphatic rings. The van der Waals surface area contributed by atoms with Gasteiger partial charge in [0.05, 0.1) is 6.04 Å². The minimum Gasteiger partial charge on any atom is -0.364 e. The second kappa shape index (κ2) is 4.39. The van der Waals surface area contributed by atoms with Crippen molar-refractivity contribution in [3.8, 4) is 0 Å². The van der Waals surface area contributed by atoms with E-state index in [1.807, 2.05) is 0 Å². The Labute approximate surface area is 94.8 Å². The lowest BCUT2D eigenvalue weighted by atomic mass is 10.0. The highest BCUT2D eigenvalue weighted by Gasteiger charge is 2.32. The van der Waals surface area contributed by atoms with E-state index in [0.29, 0.717) is 12.2 Å². The predicted octanol–water partition coefficient (Wildman–Crippen LogP) is 1.67. The molecule has 5 nitrogen and oxygen atoms in total. The SMILES string of the molecule is C=CS(=O)(=O)N1CCCC[C@@H]1c1ccon1. The molecule has 6 heteroatoms. The van der Waals surface area contributed by atoms with E-state index in [2.05, 4.69) is 11.7 Å². The van der Waals surface area contributed by atoms with Crippen LogP contribution in [0.2, 0.25) is 0 Å². The number of sulfonamides is 1. The van der Waals surface area contributed by atoms with Crippen molar-refractivity contribution in [3.05, 3.63) is 30.0 Å². The van der Waals surface area contributed by atoms with Crippen LogP contribution in [0.3, 0.4) is 0 Å². The molecular formula is C10H14N2O3S. The summed E-state index contributed by atoms with van der Waals surface area (Å²) >= 11 is 0. The molecule has 0 bridgehead atoms. The van der Waals surface area contributed by atoms with Gasteiger partial charge in [-0.25, -0.2) is 8.42 Å². The summed E-state index contributed by atoms with van der Waals surface area (Å²) in [6, 6.07) is 1.50. The van der Waals surface area contributed by atoms with Crippen LogP contribution in [0.15, 0.2) is 28.8 Å². The van der Waals surface area contributed by atoms with Crippen molar-refractivity contribution in [3.63, 3.8) is 0 Å². The molecule has 0 N–H and O–H groups in total. The highest BCUT2D eigenvalue weighted by Crippen LogP contribution is 2.32. The van der Waals surface area contributed by atoms with E-state index in [1.54, 1.807) is 6.07 Å². The molecule has 16 heavy (non-hydrogen) atoms. The normalized spacial score (nSPS) is 23.1. The van der Waals surface area contributed by atoms with E-state index in [4.69, 9.17) is 4.52 Å². The van der Waals surface area contributed by atoms with Crippen LogP contribution in [0.25, 0.3) is 0 Å². The zero-order valence-electron chi connectivity index (χ0n) is 8.87. The van der Waals surface area contributed by atoms with E-state index in [-0.39, 0.29) is 6.04 Å². The Bertz CT molecular complexity index is 452. The molecule has 0 radical (unpaired) electrons. The summed E-state index contributed by atoms with van der Waals surface area (Å²) in [6.45, 7) is 3.87. The standard InChI is InChI=1S/C10H14N2O3S/c1-2-16(13,14)12-7-4-3-5-10(12)9-6-8-15-11-9/h2,6,8,10H,1,3-5,7H2/t10-/m1/s1. The van der Waals surface area contributed by atoms with Crippen LogP contribution in [-0.2, 0) is 10.0 Å². The van der Waals surface area contributed by atoms with Gasteiger partial charge in [0.2, 0.25) is 10.0 Å². The fourth-order valence-corrected chi connectivity index (χ4v) is 3.14. The topological polar surface area (TPSA) is 63.4 Å². The van der Waals surface area contributed by atoms with Crippen LogP contribution in [0, 0.1) is 0 Å². The number of hydrogen-bond acceptors (Lipinski definition) is 4. The summed E-state index contributed by atoms with van der Waals surface area (Å²) in [6.07, 6.45) is 4.12. The third kappa shape index (κ3) is 2.03.